The third-order valence-electron chi connectivity index (χ3n) is 1.82. The fourth-order valence-electron chi connectivity index (χ4n) is 1.05. The number of unbranched alkanes of at least 4 members (excludes halogenated alkanes) is 2. The average molecular weight is 200 g/mol. The van der Waals surface area contributed by atoms with Crippen LogP contribution in [0, 0.1) is 23.7 Å². The van der Waals surface area contributed by atoms with Gasteiger partial charge >= 0.3 is 0 Å². The zero-order valence-electron chi connectivity index (χ0n) is 8.40. The molecule has 15 heavy (non-hydrogen) atoms. The van der Waals surface area contributed by atoms with Crippen LogP contribution in [0.25, 0.3) is 0 Å². The highest BCUT2D eigenvalue weighted by molar-refractivity contribution is 5.32. The van der Waals surface area contributed by atoms with Crippen molar-refractivity contribution < 1.29 is 0 Å². The van der Waals surface area contributed by atoms with Gasteiger partial charge in [-0.1, -0.05) is 0 Å². The van der Waals surface area contributed by atoms with Crippen LogP contribution in [0.1, 0.15) is 25.0 Å². The summed E-state index contributed by atoms with van der Waals surface area (Å²) in [7, 11) is 0. The number of nitrogens with one attached hydrogen (secondary N) is 1. The molecule has 0 fully saturated rings. The minimum atomic E-state index is 0.327. The zero-order chi connectivity index (χ0) is 10.9. The predicted octanol–water partition coefficient (Wildman–Crippen LogP) is 1.56. The molecular formula is C11H12N4. The van der Waals surface area contributed by atoms with E-state index < -0.39 is 0 Å². The lowest BCUT2D eigenvalue weighted by molar-refractivity contribution is 0.787. The SMILES string of the molecule is C#CCCCCNc1cnc(C#N)cn1. The van der Waals surface area contributed by atoms with E-state index in [0.717, 1.165) is 25.8 Å². The van der Waals surface area contributed by atoms with Crippen molar-refractivity contribution in [3.63, 3.8) is 0 Å². The van der Waals surface area contributed by atoms with Crippen LogP contribution in [0.2, 0.25) is 0 Å². The molecule has 0 bridgehead atoms. The van der Waals surface area contributed by atoms with Gasteiger partial charge in [-0.3, -0.25) is 0 Å². The van der Waals surface area contributed by atoms with E-state index in [-0.39, 0.29) is 0 Å². The summed E-state index contributed by atoms with van der Waals surface area (Å²) in [6.07, 6.45) is 11.0. The van der Waals surface area contributed by atoms with Crippen LogP contribution in [0.4, 0.5) is 5.82 Å². The van der Waals surface area contributed by atoms with Gasteiger partial charge in [0.15, 0.2) is 5.69 Å². The van der Waals surface area contributed by atoms with E-state index in [2.05, 4.69) is 21.2 Å². The molecule has 76 valence electrons. The third-order valence-corrected chi connectivity index (χ3v) is 1.82. The van der Waals surface area contributed by atoms with E-state index in [1.165, 1.54) is 6.20 Å². The molecule has 0 saturated carbocycles. The van der Waals surface area contributed by atoms with E-state index in [4.69, 9.17) is 11.7 Å². The van der Waals surface area contributed by atoms with Gasteiger partial charge in [0.25, 0.3) is 0 Å². The number of hydrogen-bond acceptors (Lipinski definition) is 4. The molecule has 1 rings (SSSR count). The molecule has 0 saturated heterocycles. The standard InChI is InChI=1S/C11H12N4/c1-2-3-4-5-6-13-11-9-14-10(7-12)8-15-11/h1,8-9H,3-6H2,(H,13,15). The van der Waals surface area contributed by atoms with Crippen molar-refractivity contribution >= 4 is 5.82 Å². The number of nitriles is 1. The van der Waals surface area contributed by atoms with Crippen LogP contribution in [0.5, 0.6) is 0 Å². The van der Waals surface area contributed by atoms with Gasteiger partial charge in [-0.2, -0.15) is 5.26 Å². The molecule has 1 aromatic rings. The summed E-state index contributed by atoms with van der Waals surface area (Å²) < 4.78 is 0. The summed E-state index contributed by atoms with van der Waals surface area (Å²) in [5.41, 5.74) is 0.327. The Bertz CT molecular complexity index is 369. The molecule has 1 heterocycles. The summed E-state index contributed by atoms with van der Waals surface area (Å²) in [5.74, 6) is 3.28. The monoisotopic (exact) mass is 200 g/mol. The highest BCUT2D eigenvalue weighted by atomic mass is 15.0. The van der Waals surface area contributed by atoms with Crippen LogP contribution in [0.3, 0.4) is 0 Å². The number of terminal acetylenes is 1. The van der Waals surface area contributed by atoms with Crippen LogP contribution in [0.15, 0.2) is 12.4 Å². The first-order valence-electron chi connectivity index (χ1n) is 4.76. The molecule has 0 radical (unpaired) electrons. The first kappa shape index (κ1) is 11.0. The number of nitrogens with zero attached hydrogens (tertiary/aromatic N) is 3. The Morgan fingerprint density at radius 2 is 2.20 bits per heavy atom. The van der Waals surface area contributed by atoms with Gasteiger partial charge < -0.3 is 5.32 Å². The topological polar surface area (TPSA) is 61.6 Å². The minimum Gasteiger partial charge on any atom is -0.369 e. The Balaban J connectivity index is 2.27. The molecule has 0 spiro atoms. The number of rotatable bonds is 5. The van der Waals surface area contributed by atoms with E-state index in [1.807, 2.05) is 6.07 Å². The van der Waals surface area contributed by atoms with E-state index in [0.29, 0.717) is 11.5 Å². The summed E-state index contributed by atoms with van der Waals surface area (Å²) in [6.45, 7) is 0.822. The highest BCUT2D eigenvalue weighted by Crippen LogP contribution is 2.01. The first-order chi connectivity index (χ1) is 7.36. The van der Waals surface area contributed by atoms with Crippen molar-refractivity contribution in [3.8, 4) is 18.4 Å². The highest BCUT2D eigenvalue weighted by Gasteiger charge is 1.95. The summed E-state index contributed by atoms with van der Waals surface area (Å²) >= 11 is 0. The van der Waals surface area contributed by atoms with Gasteiger partial charge in [-0.15, -0.1) is 12.3 Å². The average Bonchev–Trinajstić information content (AvgIpc) is 2.30. The fourth-order valence-corrected chi connectivity index (χ4v) is 1.05. The lowest BCUT2D eigenvalue weighted by Gasteiger charge is -2.03. The second-order valence-electron chi connectivity index (χ2n) is 2.99. The summed E-state index contributed by atoms with van der Waals surface area (Å²) in [5, 5.41) is 11.6. The van der Waals surface area contributed by atoms with Crippen molar-refractivity contribution in [3.05, 3.63) is 18.1 Å². The second kappa shape index (κ2) is 6.39. The van der Waals surface area contributed by atoms with E-state index in [1.54, 1.807) is 6.20 Å². The second-order valence-corrected chi connectivity index (χ2v) is 2.99. The van der Waals surface area contributed by atoms with Gasteiger partial charge in [0, 0.05) is 13.0 Å². The van der Waals surface area contributed by atoms with Crippen molar-refractivity contribution in [1.82, 2.24) is 9.97 Å². The van der Waals surface area contributed by atoms with Crippen molar-refractivity contribution in [2.75, 3.05) is 11.9 Å². The molecule has 0 aromatic carbocycles. The van der Waals surface area contributed by atoms with E-state index in [9.17, 15) is 0 Å². The maximum absolute atomic E-state index is 8.51. The summed E-state index contributed by atoms with van der Waals surface area (Å²) in [4.78, 5) is 7.92. The summed E-state index contributed by atoms with van der Waals surface area (Å²) in [6, 6.07) is 1.91. The molecule has 0 aliphatic carbocycles. The molecule has 0 unspecified atom stereocenters. The lowest BCUT2D eigenvalue weighted by atomic mass is 10.2. The lowest BCUT2D eigenvalue weighted by Crippen LogP contribution is -2.03. The van der Waals surface area contributed by atoms with Crippen molar-refractivity contribution in [2.45, 2.75) is 19.3 Å². The molecule has 0 aliphatic heterocycles. The van der Waals surface area contributed by atoms with Crippen LogP contribution < -0.4 is 5.32 Å². The van der Waals surface area contributed by atoms with Gasteiger partial charge in [-0.05, 0) is 12.8 Å². The largest absolute Gasteiger partial charge is 0.369 e. The maximum Gasteiger partial charge on any atom is 0.158 e. The molecule has 0 aliphatic rings. The Labute approximate surface area is 89.4 Å². The smallest absolute Gasteiger partial charge is 0.158 e. The fraction of sp³-hybridized carbons (Fsp3) is 0.364. The molecule has 4 nitrogen and oxygen atoms in total. The van der Waals surface area contributed by atoms with Crippen molar-refractivity contribution in [1.29, 1.82) is 5.26 Å². The predicted molar refractivity (Wildman–Crippen MR) is 57.9 cm³/mol. The van der Waals surface area contributed by atoms with Crippen LogP contribution >= 0.6 is 0 Å². The number of hydrogen-bond donors (Lipinski definition) is 1. The normalized spacial score (nSPS) is 8.93. The van der Waals surface area contributed by atoms with E-state index >= 15 is 0 Å². The third kappa shape index (κ3) is 4.10. The van der Waals surface area contributed by atoms with Gasteiger partial charge in [0.05, 0.1) is 12.4 Å². The number of anilines is 1. The maximum atomic E-state index is 8.51. The van der Waals surface area contributed by atoms with Gasteiger partial charge in [0.1, 0.15) is 11.9 Å². The Morgan fingerprint density at radius 1 is 1.33 bits per heavy atom. The van der Waals surface area contributed by atoms with Crippen LogP contribution in [-0.2, 0) is 0 Å². The molecule has 4 heteroatoms. The quantitative estimate of drug-likeness (QED) is 0.578. The molecule has 0 atom stereocenters. The Morgan fingerprint density at radius 3 is 2.80 bits per heavy atom. The number of aromatic nitrogens is 2. The van der Waals surface area contributed by atoms with Crippen molar-refractivity contribution in [2.24, 2.45) is 0 Å². The Kier molecular flexibility index (Phi) is 4.69. The Hall–Kier alpha value is -2.07. The molecule has 0 amide bonds. The zero-order valence-corrected chi connectivity index (χ0v) is 8.40. The van der Waals surface area contributed by atoms with Crippen LogP contribution in [-0.4, -0.2) is 16.5 Å². The minimum absolute atomic E-state index is 0.327. The first-order valence-corrected chi connectivity index (χ1v) is 4.76. The molecule has 1 N–H and O–H groups in total. The molecular weight excluding hydrogens is 188 g/mol. The van der Waals surface area contributed by atoms with Gasteiger partial charge in [0.2, 0.25) is 0 Å². The molecule has 1 aromatic heterocycles. The van der Waals surface area contributed by atoms with Gasteiger partial charge in [-0.25, -0.2) is 9.97 Å².